The van der Waals surface area contributed by atoms with Gasteiger partial charge in [-0.15, -0.1) is 0 Å². The Kier molecular flexibility index (Phi) is 2.38. The molecular weight excluding hydrogens is 256 g/mol. The Bertz CT molecular complexity index is 705. The van der Waals surface area contributed by atoms with Crippen LogP contribution < -0.4 is 5.32 Å². The Balaban J connectivity index is 1.93. The van der Waals surface area contributed by atoms with Gasteiger partial charge < -0.3 is 5.32 Å². The summed E-state index contributed by atoms with van der Waals surface area (Å²) in [4.78, 5) is 16.7. The molecule has 0 bridgehead atoms. The highest BCUT2D eigenvalue weighted by Gasteiger charge is 2.37. The Morgan fingerprint density at radius 3 is 3.10 bits per heavy atom. The van der Waals surface area contributed by atoms with Gasteiger partial charge in [-0.25, -0.2) is 0 Å². The van der Waals surface area contributed by atoms with E-state index in [2.05, 4.69) is 25.8 Å². The molecule has 0 aromatic carbocycles. The van der Waals surface area contributed by atoms with Gasteiger partial charge in [0.05, 0.1) is 5.69 Å². The van der Waals surface area contributed by atoms with E-state index in [4.69, 9.17) is 0 Å². The van der Waals surface area contributed by atoms with Gasteiger partial charge in [-0.2, -0.15) is 4.68 Å². The zero-order chi connectivity index (χ0) is 13.5. The van der Waals surface area contributed by atoms with Crippen molar-refractivity contribution in [1.29, 1.82) is 0 Å². The summed E-state index contributed by atoms with van der Waals surface area (Å²) >= 11 is 0. The molecule has 2 aliphatic rings. The van der Waals surface area contributed by atoms with Crippen LogP contribution in [0.4, 0.5) is 5.95 Å². The Labute approximate surface area is 114 Å². The molecule has 0 saturated carbocycles. The van der Waals surface area contributed by atoms with Gasteiger partial charge >= 0.3 is 0 Å². The van der Waals surface area contributed by atoms with Crippen LogP contribution in [-0.4, -0.2) is 31.0 Å². The topological polar surface area (TPSA) is 85.6 Å². The largest absolute Gasteiger partial charge is 0.326 e. The minimum absolute atomic E-state index is 0.149. The quantitative estimate of drug-likeness (QED) is 0.833. The third-order valence-electron chi connectivity index (χ3n) is 3.70. The lowest BCUT2D eigenvalue weighted by molar-refractivity contribution is -0.116. The number of aromatic nitrogens is 5. The van der Waals surface area contributed by atoms with Crippen molar-refractivity contribution >= 4 is 11.7 Å². The highest BCUT2D eigenvalue weighted by atomic mass is 16.1. The number of pyridine rings is 1. The van der Waals surface area contributed by atoms with Crippen molar-refractivity contribution in [3.05, 3.63) is 41.4 Å². The van der Waals surface area contributed by atoms with Crippen molar-refractivity contribution in [2.24, 2.45) is 0 Å². The summed E-state index contributed by atoms with van der Waals surface area (Å²) in [7, 11) is 0. The van der Waals surface area contributed by atoms with E-state index in [1.165, 1.54) is 0 Å². The molecule has 1 N–H and O–H groups in total. The summed E-state index contributed by atoms with van der Waals surface area (Å²) < 4.78 is 1.63. The molecule has 100 valence electrons. The molecule has 0 spiro atoms. The lowest BCUT2D eigenvalue weighted by Gasteiger charge is -2.30. The van der Waals surface area contributed by atoms with Crippen LogP contribution in [0.3, 0.4) is 0 Å². The number of nitrogens with zero attached hydrogens (tertiary/aromatic N) is 5. The minimum Gasteiger partial charge on any atom is -0.326 e. The smallest absolute Gasteiger partial charge is 0.248 e. The summed E-state index contributed by atoms with van der Waals surface area (Å²) in [6.45, 7) is 0. The first kappa shape index (κ1) is 11.3. The third-order valence-corrected chi connectivity index (χ3v) is 3.70. The van der Waals surface area contributed by atoms with Crippen LogP contribution >= 0.6 is 0 Å². The Morgan fingerprint density at radius 1 is 1.30 bits per heavy atom. The van der Waals surface area contributed by atoms with Crippen LogP contribution in [0.2, 0.25) is 0 Å². The number of fused-ring (bicyclic) bond motifs is 1. The van der Waals surface area contributed by atoms with E-state index in [-0.39, 0.29) is 11.8 Å². The second kappa shape index (κ2) is 4.22. The van der Waals surface area contributed by atoms with Crippen LogP contribution in [0, 0.1) is 0 Å². The second-order valence-electron chi connectivity index (χ2n) is 4.90. The average Bonchev–Trinajstić information content (AvgIpc) is 2.94. The summed E-state index contributed by atoms with van der Waals surface area (Å²) in [6.07, 6.45) is 3.99. The number of carbonyl (C=O) groups excluding carboxylic acids is 1. The van der Waals surface area contributed by atoms with E-state index in [1.807, 2.05) is 18.2 Å². The molecule has 3 heterocycles. The number of Topliss-reactive ketones (excluding diaryl/α,β-unsaturated/α-hetero) is 1. The fourth-order valence-electron chi connectivity index (χ4n) is 2.83. The van der Waals surface area contributed by atoms with Gasteiger partial charge in [0.1, 0.15) is 6.04 Å². The number of ketones is 1. The molecule has 0 fully saturated rings. The van der Waals surface area contributed by atoms with E-state index in [9.17, 15) is 4.79 Å². The molecule has 2 aromatic rings. The molecule has 7 heteroatoms. The van der Waals surface area contributed by atoms with Gasteiger partial charge in [-0.3, -0.25) is 9.78 Å². The summed E-state index contributed by atoms with van der Waals surface area (Å²) in [6, 6.07) is 5.32. The number of tetrazole rings is 1. The summed E-state index contributed by atoms with van der Waals surface area (Å²) in [5.41, 5.74) is 2.46. The molecule has 2 aromatic heterocycles. The second-order valence-corrected chi connectivity index (χ2v) is 4.90. The first-order chi connectivity index (χ1) is 9.84. The van der Waals surface area contributed by atoms with Crippen LogP contribution in [0.5, 0.6) is 0 Å². The molecule has 4 rings (SSSR count). The SMILES string of the molecule is O=C1CCCC2=C1C(c1ccccn1)n1nnnc1N2. The predicted molar refractivity (Wildman–Crippen MR) is 69.7 cm³/mol. The fraction of sp³-hybridized carbons (Fsp3) is 0.308. The summed E-state index contributed by atoms with van der Waals surface area (Å²) in [5.74, 6) is 0.713. The van der Waals surface area contributed by atoms with Crippen LogP contribution in [0.1, 0.15) is 31.0 Å². The number of anilines is 1. The molecule has 0 saturated heterocycles. The molecule has 1 aliphatic carbocycles. The predicted octanol–water partition coefficient (Wildman–Crippen LogP) is 1.09. The molecule has 1 unspecified atom stereocenters. The molecule has 0 radical (unpaired) electrons. The number of rotatable bonds is 1. The van der Waals surface area contributed by atoms with E-state index in [1.54, 1.807) is 10.9 Å². The fourth-order valence-corrected chi connectivity index (χ4v) is 2.83. The van der Waals surface area contributed by atoms with E-state index in [0.717, 1.165) is 29.8 Å². The molecule has 0 amide bonds. The van der Waals surface area contributed by atoms with Crippen molar-refractivity contribution < 1.29 is 4.79 Å². The van der Waals surface area contributed by atoms with Crippen LogP contribution in [0.25, 0.3) is 0 Å². The summed E-state index contributed by atoms with van der Waals surface area (Å²) in [5, 5.41) is 14.8. The van der Waals surface area contributed by atoms with Crippen LogP contribution in [-0.2, 0) is 4.79 Å². The number of hydrogen-bond acceptors (Lipinski definition) is 6. The zero-order valence-corrected chi connectivity index (χ0v) is 10.7. The van der Waals surface area contributed by atoms with Gasteiger partial charge in [0.2, 0.25) is 5.95 Å². The van der Waals surface area contributed by atoms with Crippen molar-refractivity contribution in [2.45, 2.75) is 25.3 Å². The monoisotopic (exact) mass is 268 g/mol. The van der Waals surface area contributed by atoms with E-state index < -0.39 is 0 Å². The lowest BCUT2D eigenvalue weighted by Crippen LogP contribution is -2.32. The van der Waals surface area contributed by atoms with Gasteiger partial charge in [0, 0.05) is 23.9 Å². The average molecular weight is 268 g/mol. The van der Waals surface area contributed by atoms with Crippen LogP contribution in [0.15, 0.2) is 35.7 Å². The maximum Gasteiger partial charge on any atom is 0.248 e. The number of allylic oxidation sites excluding steroid dienone is 2. The Hall–Kier alpha value is -2.57. The maximum atomic E-state index is 12.3. The number of nitrogens with one attached hydrogen (secondary N) is 1. The number of carbonyl (C=O) groups is 1. The van der Waals surface area contributed by atoms with E-state index >= 15 is 0 Å². The molecule has 1 aliphatic heterocycles. The van der Waals surface area contributed by atoms with Gasteiger partial charge in [-0.05, 0) is 35.4 Å². The van der Waals surface area contributed by atoms with Crippen molar-refractivity contribution in [3.63, 3.8) is 0 Å². The standard InChI is InChI=1S/C13H12N6O/c20-10-6-3-5-8-11(10)12(9-4-1-2-7-14-9)19-13(15-8)16-17-18-19/h1-2,4,7,12H,3,5-6H2,(H,15,16,18). The van der Waals surface area contributed by atoms with Gasteiger partial charge in [0.15, 0.2) is 5.78 Å². The highest BCUT2D eigenvalue weighted by Crippen LogP contribution is 2.38. The molecule has 20 heavy (non-hydrogen) atoms. The first-order valence-corrected chi connectivity index (χ1v) is 6.56. The molecule has 1 atom stereocenters. The van der Waals surface area contributed by atoms with Crippen molar-refractivity contribution in [3.8, 4) is 0 Å². The zero-order valence-electron chi connectivity index (χ0n) is 10.7. The normalized spacial score (nSPS) is 21.2. The maximum absolute atomic E-state index is 12.3. The van der Waals surface area contributed by atoms with E-state index in [0.29, 0.717) is 12.4 Å². The number of hydrogen-bond donors (Lipinski definition) is 1. The van der Waals surface area contributed by atoms with Gasteiger partial charge in [0.25, 0.3) is 0 Å². The highest BCUT2D eigenvalue weighted by molar-refractivity contribution is 5.99. The Morgan fingerprint density at radius 2 is 2.25 bits per heavy atom. The van der Waals surface area contributed by atoms with Gasteiger partial charge in [-0.1, -0.05) is 11.2 Å². The first-order valence-electron chi connectivity index (χ1n) is 6.56. The molecule has 7 nitrogen and oxygen atoms in total. The lowest BCUT2D eigenvalue weighted by atomic mass is 9.87. The van der Waals surface area contributed by atoms with Crippen molar-refractivity contribution in [1.82, 2.24) is 25.2 Å². The minimum atomic E-state index is -0.328. The third kappa shape index (κ3) is 1.56. The molecular formula is C13H12N6O. The van der Waals surface area contributed by atoms with Crippen molar-refractivity contribution in [2.75, 3.05) is 5.32 Å².